The van der Waals surface area contributed by atoms with Crippen LogP contribution in [0.25, 0.3) is 0 Å². The largest absolute Gasteiger partial charge is 0.508 e. The Hall–Kier alpha value is -4.41. The fourth-order valence-electron chi connectivity index (χ4n) is 9.15. The highest BCUT2D eigenvalue weighted by Gasteiger charge is 2.39. The number of nitrogens with zero attached hydrogens (tertiary/aromatic N) is 4. The molecule has 0 aromatic heterocycles. The van der Waals surface area contributed by atoms with E-state index in [2.05, 4.69) is 70.3 Å². The highest BCUT2D eigenvalue weighted by Crippen LogP contribution is 2.41. The van der Waals surface area contributed by atoms with Crippen molar-refractivity contribution >= 4 is 29.1 Å². The topological polar surface area (TPSA) is 106 Å². The summed E-state index contributed by atoms with van der Waals surface area (Å²) in [6, 6.07) is 20.4. The van der Waals surface area contributed by atoms with E-state index in [0.29, 0.717) is 42.7 Å². The summed E-state index contributed by atoms with van der Waals surface area (Å²) < 4.78 is 6.37. The molecule has 52 heavy (non-hydrogen) atoms. The van der Waals surface area contributed by atoms with E-state index in [9.17, 15) is 19.5 Å². The van der Waals surface area contributed by atoms with Crippen molar-refractivity contribution in [2.24, 2.45) is 11.8 Å². The van der Waals surface area contributed by atoms with Crippen LogP contribution in [0.2, 0.25) is 0 Å². The van der Waals surface area contributed by atoms with Gasteiger partial charge in [-0.25, -0.2) is 0 Å². The average molecular weight is 706 g/mol. The Morgan fingerprint density at radius 1 is 0.827 bits per heavy atom. The number of fused-ring (bicyclic) bond motifs is 2. The van der Waals surface area contributed by atoms with Crippen LogP contribution >= 0.6 is 0 Å². The minimum Gasteiger partial charge on any atom is -0.508 e. The van der Waals surface area contributed by atoms with Crippen LogP contribution in [0.15, 0.2) is 60.7 Å². The molecule has 10 nitrogen and oxygen atoms in total. The van der Waals surface area contributed by atoms with Crippen molar-refractivity contribution < 1.29 is 24.2 Å². The number of carbonyl (C=O) groups excluding carboxylic acids is 3. The molecule has 8 rings (SSSR count). The van der Waals surface area contributed by atoms with Gasteiger partial charge in [0, 0.05) is 81.6 Å². The van der Waals surface area contributed by atoms with E-state index in [1.165, 1.54) is 29.7 Å². The molecule has 0 bridgehead atoms. The number of amides is 3. The summed E-state index contributed by atoms with van der Waals surface area (Å²) in [6.07, 6.45) is 4.14. The number of nitrogens with one attached hydrogen (secondary N) is 1. The summed E-state index contributed by atoms with van der Waals surface area (Å²) in [5.41, 5.74) is 7.67. The average Bonchev–Trinajstić information content (AvgIpc) is 3.47. The zero-order valence-corrected chi connectivity index (χ0v) is 30.4. The third-order valence-corrected chi connectivity index (χ3v) is 12.0. The molecule has 2 N–H and O–H groups in total. The SMILES string of the molecule is CC(C)C[C@H]1OCc2cc(O)ccc2[C@@H]1c1ccc(N2CCC(CN3CCN(c4ccc5c(c4)CN([C@H]4CCC(=O)NC4=O)C5=O)CC3)CC2)cc1. The van der Waals surface area contributed by atoms with Crippen LogP contribution in [0.1, 0.15) is 84.5 Å². The molecule has 3 amide bonds. The van der Waals surface area contributed by atoms with Crippen molar-refractivity contribution in [2.45, 2.75) is 77.2 Å². The molecule has 0 spiro atoms. The van der Waals surface area contributed by atoms with Crippen LogP contribution in [-0.4, -0.2) is 90.6 Å². The third-order valence-electron chi connectivity index (χ3n) is 12.0. The molecule has 10 heteroatoms. The molecule has 0 aliphatic carbocycles. The van der Waals surface area contributed by atoms with E-state index in [1.54, 1.807) is 11.0 Å². The summed E-state index contributed by atoms with van der Waals surface area (Å²) in [5.74, 6) is 0.921. The molecule has 0 saturated carbocycles. The Kier molecular flexibility index (Phi) is 9.70. The lowest BCUT2D eigenvalue weighted by atomic mass is 9.79. The zero-order valence-electron chi connectivity index (χ0n) is 30.4. The number of phenolic OH excluding ortho intramolecular Hbond substituents is 1. The maximum atomic E-state index is 13.1. The molecule has 5 aliphatic rings. The van der Waals surface area contributed by atoms with Crippen LogP contribution in [0, 0.1) is 11.8 Å². The lowest BCUT2D eigenvalue weighted by molar-refractivity contribution is -0.136. The maximum absolute atomic E-state index is 13.1. The quantitative estimate of drug-likeness (QED) is 0.306. The lowest BCUT2D eigenvalue weighted by Gasteiger charge is -2.40. The molecule has 5 aliphatic heterocycles. The highest BCUT2D eigenvalue weighted by atomic mass is 16.5. The first kappa shape index (κ1) is 34.7. The molecular weight excluding hydrogens is 654 g/mol. The van der Waals surface area contributed by atoms with Crippen LogP contribution in [0.4, 0.5) is 11.4 Å². The van der Waals surface area contributed by atoms with Crippen molar-refractivity contribution in [1.29, 1.82) is 0 Å². The lowest BCUT2D eigenvalue weighted by Crippen LogP contribution is -2.52. The summed E-state index contributed by atoms with van der Waals surface area (Å²) in [7, 11) is 0. The number of anilines is 2. The Bertz CT molecular complexity index is 1810. The molecule has 0 radical (unpaired) electrons. The van der Waals surface area contributed by atoms with Gasteiger partial charge in [0.2, 0.25) is 11.8 Å². The number of hydrogen-bond donors (Lipinski definition) is 2. The minimum absolute atomic E-state index is 0.123. The smallest absolute Gasteiger partial charge is 0.255 e. The van der Waals surface area contributed by atoms with Gasteiger partial charge in [-0.1, -0.05) is 32.0 Å². The summed E-state index contributed by atoms with van der Waals surface area (Å²) >= 11 is 0. The van der Waals surface area contributed by atoms with Gasteiger partial charge in [-0.05, 0) is 102 Å². The standard InChI is InChI=1S/C42H51N5O5/c1-27(2)21-38-40(35-10-8-34(48)23-31(35)26-52-38)29-3-5-32(6-4-29)45-15-13-28(14-16-45)24-44-17-19-46(20-18-44)33-7-9-36-30(22-33)25-47(42(36)51)37-11-12-39(49)43-41(37)50/h3-10,22-23,27-28,37-38,40,48H,11-21,24-26H2,1-2H3,(H,43,49,50)/t37-,38+,40-/m0/s1. The first-order valence-corrected chi connectivity index (χ1v) is 19.2. The first-order valence-electron chi connectivity index (χ1n) is 19.2. The van der Waals surface area contributed by atoms with Crippen molar-refractivity contribution in [2.75, 3.05) is 55.6 Å². The van der Waals surface area contributed by atoms with E-state index < -0.39 is 6.04 Å². The van der Waals surface area contributed by atoms with Crippen LogP contribution < -0.4 is 15.1 Å². The number of hydrogen-bond acceptors (Lipinski definition) is 8. The van der Waals surface area contributed by atoms with Gasteiger partial charge in [0.25, 0.3) is 5.91 Å². The third kappa shape index (κ3) is 7.03. The Morgan fingerprint density at radius 2 is 1.56 bits per heavy atom. The maximum Gasteiger partial charge on any atom is 0.255 e. The molecule has 3 fully saturated rings. The predicted molar refractivity (Wildman–Crippen MR) is 201 cm³/mol. The number of piperazine rings is 1. The number of rotatable bonds is 8. The number of imide groups is 1. The summed E-state index contributed by atoms with van der Waals surface area (Å²) in [6.45, 7) is 12.7. The monoisotopic (exact) mass is 705 g/mol. The fourth-order valence-corrected chi connectivity index (χ4v) is 9.15. The number of carbonyl (C=O) groups is 3. The van der Waals surface area contributed by atoms with Crippen molar-refractivity contribution in [3.8, 4) is 5.75 Å². The normalized spacial score (nSPS) is 24.3. The molecule has 274 valence electrons. The van der Waals surface area contributed by atoms with Crippen molar-refractivity contribution in [3.05, 3.63) is 88.5 Å². The second kappa shape index (κ2) is 14.5. The first-order chi connectivity index (χ1) is 25.2. The second-order valence-corrected chi connectivity index (χ2v) is 15.9. The van der Waals surface area contributed by atoms with E-state index in [4.69, 9.17) is 4.74 Å². The van der Waals surface area contributed by atoms with Gasteiger partial charge in [-0.3, -0.25) is 24.6 Å². The summed E-state index contributed by atoms with van der Waals surface area (Å²) in [5, 5.41) is 12.5. The van der Waals surface area contributed by atoms with Gasteiger partial charge in [-0.2, -0.15) is 0 Å². The van der Waals surface area contributed by atoms with E-state index in [-0.39, 0.29) is 36.2 Å². The van der Waals surface area contributed by atoms with Crippen LogP contribution in [-0.2, 0) is 27.5 Å². The Labute approximate surface area is 306 Å². The Balaban J connectivity index is 0.825. The number of ether oxygens (including phenoxy) is 1. The predicted octanol–water partition coefficient (Wildman–Crippen LogP) is 5.27. The number of piperidine rings is 2. The van der Waals surface area contributed by atoms with Gasteiger partial charge >= 0.3 is 0 Å². The number of benzene rings is 3. The molecule has 0 unspecified atom stereocenters. The molecule has 5 heterocycles. The number of phenols is 1. The fraction of sp³-hybridized carbons (Fsp3) is 0.500. The minimum atomic E-state index is -0.586. The number of aromatic hydroxyl groups is 1. The van der Waals surface area contributed by atoms with Gasteiger partial charge in [0.1, 0.15) is 11.8 Å². The van der Waals surface area contributed by atoms with Crippen molar-refractivity contribution in [3.63, 3.8) is 0 Å². The molecule has 3 atom stereocenters. The van der Waals surface area contributed by atoms with Crippen LogP contribution in [0.3, 0.4) is 0 Å². The highest BCUT2D eigenvalue weighted by molar-refractivity contribution is 6.05. The zero-order chi connectivity index (χ0) is 35.9. The van der Waals surface area contributed by atoms with Crippen LogP contribution in [0.5, 0.6) is 5.75 Å². The van der Waals surface area contributed by atoms with Gasteiger partial charge in [0.05, 0.1) is 12.7 Å². The second-order valence-electron chi connectivity index (χ2n) is 15.9. The van der Waals surface area contributed by atoms with Gasteiger partial charge < -0.3 is 24.5 Å². The summed E-state index contributed by atoms with van der Waals surface area (Å²) in [4.78, 5) is 46.4. The van der Waals surface area contributed by atoms with Gasteiger partial charge in [0.15, 0.2) is 0 Å². The molecule has 3 aromatic rings. The molecular formula is C42H51N5O5. The van der Waals surface area contributed by atoms with E-state index in [1.807, 2.05) is 18.2 Å². The van der Waals surface area contributed by atoms with Crippen molar-refractivity contribution in [1.82, 2.24) is 15.1 Å². The van der Waals surface area contributed by atoms with Gasteiger partial charge in [-0.15, -0.1) is 0 Å². The Morgan fingerprint density at radius 3 is 2.29 bits per heavy atom. The molecule has 3 aromatic carbocycles. The van der Waals surface area contributed by atoms with E-state index >= 15 is 0 Å². The molecule has 3 saturated heterocycles. The van der Waals surface area contributed by atoms with E-state index in [0.717, 1.165) is 69.0 Å².